The number of carbonyl (C=O) groups excluding carboxylic acids is 1. The van der Waals surface area contributed by atoms with Gasteiger partial charge in [-0.05, 0) is 54.6 Å². The second-order valence-electron chi connectivity index (χ2n) is 5.62. The van der Waals surface area contributed by atoms with Gasteiger partial charge in [0.25, 0.3) is 0 Å². The van der Waals surface area contributed by atoms with Crippen LogP contribution in [0.4, 0.5) is 4.39 Å². The average Bonchev–Trinajstić information content (AvgIpc) is 3.15. The standard InChI is InChI=1S/C19H16FNO5S/c1-25-19(22)14-3-2-4-17(11-14)27(23,24)21-12-16-9-10-18(26-16)13-5-7-15(20)8-6-13/h2-11,21H,12H2,1H3. The third kappa shape index (κ3) is 4.42. The molecule has 0 aliphatic rings. The van der Waals surface area contributed by atoms with Crippen LogP contribution in [0.3, 0.4) is 0 Å². The van der Waals surface area contributed by atoms with Gasteiger partial charge in [-0.1, -0.05) is 6.07 Å². The number of esters is 1. The quantitative estimate of drug-likeness (QED) is 0.654. The molecule has 0 spiro atoms. The van der Waals surface area contributed by atoms with E-state index in [1.54, 1.807) is 24.3 Å². The topological polar surface area (TPSA) is 85.6 Å². The van der Waals surface area contributed by atoms with Crippen molar-refractivity contribution in [3.8, 4) is 11.3 Å². The number of furan rings is 1. The Hall–Kier alpha value is -2.97. The van der Waals surface area contributed by atoms with E-state index in [0.717, 1.165) is 0 Å². The zero-order valence-electron chi connectivity index (χ0n) is 14.3. The first kappa shape index (κ1) is 18.8. The van der Waals surface area contributed by atoms with Crippen LogP contribution in [-0.4, -0.2) is 21.5 Å². The molecule has 0 saturated carbocycles. The number of methoxy groups -OCH3 is 1. The zero-order valence-corrected chi connectivity index (χ0v) is 15.1. The Morgan fingerprint density at radius 3 is 2.56 bits per heavy atom. The van der Waals surface area contributed by atoms with Gasteiger partial charge in [-0.2, -0.15) is 0 Å². The van der Waals surface area contributed by atoms with E-state index in [-0.39, 0.29) is 22.8 Å². The largest absolute Gasteiger partial charge is 0.465 e. The number of hydrogen-bond donors (Lipinski definition) is 1. The van der Waals surface area contributed by atoms with E-state index in [0.29, 0.717) is 17.1 Å². The van der Waals surface area contributed by atoms with Crippen LogP contribution in [0.25, 0.3) is 11.3 Å². The van der Waals surface area contributed by atoms with Crippen molar-refractivity contribution in [3.05, 3.63) is 77.8 Å². The minimum absolute atomic E-state index is 0.0595. The molecule has 1 N–H and O–H groups in total. The molecule has 0 amide bonds. The predicted octanol–water partition coefficient (Wildman–Crippen LogP) is 3.35. The fraction of sp³-hybridized carbons (Fsp3) is 0.105. The number of halogens is 1. The molecule has 1 aromatic heterocycles. The molecule has 0 aliphatic heterocycles. The van der Waals surface area contributed by atoms with E-state index in [1.165, 1.54) is 43.5 Å². The van der Waals surface area contributed by atoms with Crippen molar-refractivity contribution in [3.63, 3.8) is 0 Å². The molecule has 0 fully saturated rings. The molecule has 3 rings (SSSR count). The van der Waals surface area contributed by atoms with Crippen molar-refractivity contribution < 1.29 is 26.8 Å². The molecule has 2 aromatic carbocycles. The Balaban J connectivity index is 1.73. The van der Waals surface area contributed by atoms with Crippen LogP contribution in [0.5, 0.6) is 0 Å². The monoisotopic (exact) mass is 389 g/mol. The van der Waals surface area contributed by atoms with Crippen LogP contribution in [0.2, 0.25) is 0 Å². The van der Waals surface area contributed by atoms with Crippen LogP contribution in [-0.2, 0) is 21.3 Å². The van der Waals surface area contributed by atoms with Gasteiger partial charge in [-0.15, -0.1) is 0 Å². The summed E-state index contributed by atoms with van der Waals surface area (Å²) in [4.78, 5) is 11.5. The molecule has 0 atom stereocenters. The molecular weight excluding hydrogens is 373 g/mol. The van der Waals surface area contributed by atoms with E-state index >= 15 is 0 Å². The second-order valence-corrected chi connectivity index (χ2v) is 7.38. The maximum Gasteiger partial charge on any atom is 0.337 e. The van der Waals surface area contributed by atoms with Crippen molar-refractivity contribution in [2.75, 3.05) is 7.11 Å². The zero-order chi connectivity index (χ0) is 19.4. The molecule has 8 heteroatoms. The van der Waals surface area contributed by atoms with Gasteiger partial charge in [0.2, 0.25) is 10.0 Å². The third-order valence-electron chi connectivity index (χ3n) is 3.79. The lowest BCUT2D eigenvalue weighted by Gasteiger charge is -2.07. The van der Waals surface area contributed by atoms with Gasteiger partial charge in [0.1, 0.15) is 17.3 Å². The summed E-state index contributed by atoms with van der Waals surface area (Å²) in [7, 11) is -2.63. The van der Waals surface area contributed by atoms with Crippen LogP contribution >= 0.6 is 0 Å². The normalized spacial score (nSPS) is 11.3. The van der Waals surface area contributed by atoms with Crippen LogP contribution in [0.1, 0.15) is 16.1 Å². The molecule has 0 saturated heterocycles. The third-order valence-corrected chi connectivity index (χ3v) is 5.19. The molecule has 0 radical (unpaired) electrons. The number of rotatable bonds is 6. The van der Waals surface area contributed by atoms with Gasteiger partial charge in [0.15, 0.2) is 0 Å². The number of hydrogen-bond acceptors (Lipinski definition) is 5. The fourth-order valence-electron chi connectivity index (χ4n) is 2.40. The lowest BCUT2D eigenvalue weighted by atomic mass is 10.2. The Morgan fingerprint density at radius 1 is 1.11 bits per heavy atom. The summed E-state index contributed by atoms with van der Waals surface area (Å²) >= 11 is 0. The molecule has 0 aliphatic carbocycles. The highest BCUT2D eigenvalue weighted by atomic mass is 32.2. The van der Waals surface area contributed by atoms with Crippen LogP contribution < -0.4 is 4.72 Å². The Morgan fingerprint density at radius 2 is 1.85 bits per heavy atom. The number of sulfonamides is 1. The summed E-state index contributed by atoms with van der Waals surface area (Å²) in [5.74, 6) is -0.0894. The molecule has 140 valence electrons. The number of benzene rings is 2. The van der Waals surface area contributed by atoms with Crippen molar-refractivity contribution in [1.82, 2.24) is 4.72 Å². The highest BCUT2D eigenvalue weighted by Gasteiger charge is 2.17. The Bertz CT molecular complexity index is 1060. The minimum Gasteiger partial charge on any atom is -0.465 e. The summed E-state index contributed by atoms with van der Waals surface area (Å²) in [5.41, 5.74) is 0.813. The maximum absolute atomic E-state index is 13.0. The van der Waals surface area contributed by atoms with Crippen molar-refractivity contribution in [2.24, 2.45) is 0 Å². The van der Waals surface area contributed by atoms with Crippen molar-refractivity contribution in [2.45, 2.75) is 11.4 Å². The van der Waals surface area contributed by atoms with E-state index < -0.39 is 16.0 Å². The smallest absolute Gasteiger partial charge is 0.337 e. The summed E-state index contributed by atoms with van der Waals surface area (Å²) in [5, 5.41) is 0. The second kappa shape index (κ2) is 7.73. The molecule has 1 heterocycles. The highest BCUT2D eigenvalue weighted by Crippen LogP contribution is 2.22. The predicted molar refractivity (Wildman–Crippen MR) is 95.9 cm³/mol. The lowest BCUT2D eigenvalue weighted by molar-refractivity contribution is 0.0600. The van der Waals surface area contributed by atoms with Gasteiger partial charge in [-0.3, -0.25) is 0 Å². The SMILES string of the molecule is COC(=O)c1cccc(S(=O)(=O)NCc2ccc(-c3ccc(F)cc3)o2)c1. The molecule has 27 heavy (non-hydrogen) atoms. The molecule has 0 unspecified atom stereocenters. The van der Waals surface area contributed by atoms with Gasteiger partial charge in [0, 0.05) is 5.56 Å². The van der Waals surface area contributed by atoms with E-state index in [1.807, 2.05) is 0 Å². The summed E-state index contributed by atoms with van der Waals surface area (Å²) < 4.78 is 50.5. The number of ether oxygens (including phenoxy) is 1. The highest BCUT2D eigenvalue weighted by molar-refractivity contribution is 7.89. The first-order valence-electron chi connectivity index (χ1n) is 7.92. The minimum atomic E-state index is -3.85. The van der Waals surface area contributed by atoms with Crippen LogP contribution in [0, 0.1) is 5.82 Å². The Labute approximate surface area is 155 Å². The van der Waals surface area contributed by atoms with Gasteiger partial charge in [-0.25, -0.2) is 22.3 Å². The molecule has 0 bridgehead atoms. The summed E-state index contributed by atoms with van der Waals surface area (Å²) in [6.07, 6.45) is 0. The van der Waals surface area contributed by atoms with Crippen LogP contribution in [0.15, 0.2) is 70.0 Å². The van der Waals surface area contributed by atoms with Crippen molar-refractivity contribution >= 4 is 16.0 Å². The maximum atomic E-state index is 13.0. The summed E-state index contributed by atoms with van der Waals surface area (Å²) in [6, 6.07) is 14.6. The first-order chi connectivity index (χ1) is 12.9. The molecular formula is C19H16FNO5S. The molecule has 3 aromatic rings. The van der Waals surface area contributed by atoms with Gasteiger partial charge >= 0.3 is 5.97 Å². The van der Waals surface area contributed by atoms with Gasteiger partial charge < -0.3 is 9.15 Å². The summed E-state index contributed by atoms with van der Waals surface area (Å²) in [6.45, 7) is -0.0774. The first-order valence-corrected chi connectivity index (χ1v) is 9.40. The van der Waals surface area contributed by atoms with E-state index in [9.17, 15) is 17.6 Å². The van der Waals surface area contributed by atoms with Gasteiger partial charge in [0.05, 0.1) is 24.1 Å². The van der Waals surface area contributed by atoms with E-state index in [2.05, 4.69) is 9.46 Å². The number of nitrogens with one attached hydrogen (secondary N) is 1. The van der Waals surface area contributed by atoms with Crippen molar-refractivity contribution in [1.29, 1.82) is 0 Å². The Kier molecular flexibility index (Phi) is 5.38. The number of carbonyl (C=O) groups is 1. The lowest BCUT2D eigenvalue weighted by Crippen LogP contribution is -2.23. The fourth-order valence-corrected chi connectivity index (χ4v) is 3.44. The van der Waals surface area contributed by atoms with E-state index in [4.69, 9.17) is 4.42 Å². The average molecular weight is 389 g/mol. The molecule has 6 nitrogen and oxygen atoms in total.